The minimum absolute atomic E-state index is 0.0327. The summed E-state index contributed by atoms with van der Waals surface area (Å²) in [5.41, 5.74) is 0. The number of carbonyl (C=O) groups is 1. The van der Waals surface area contributed by atoms with Crippen molar-refractivity contribution in [2.24, 2.45) is 0 Å². The highest BCUT2D eigenvalue weighted by Crippen LogP contribution is 2.08. The molecule has 2 N–H and O–H groups in total. The minimum atomic E-state index is -0.147. The molecule has 4 nitrogen and oxygen atoms in total. The number of amides is 1. The van der Waals surface area contributed by atoms with Gasteiger partial charge in [0.05, 0.1) is 6.04 Å². The second-order valence-corrected chi connectivity index (χ2v) is 3.38. The van der Waals surface area contributed by atoms with Gasteiger partial charge in [0.1, 0.15) is 0 Å². The summed E-state index contributed by atoms with van der Waals surface area (Å²) in [7, 11) is 1.91. The van der Waals surface area contributed by atoms with Crippen LogP contribution in [0.2, 0.25) is 0 Å². The first-order valence-corrected chi connectivity index (χ1v) is 4.26. The van der Waals surface area contributed by atoms with Gasteiger partial charge in [-0.3, -0.25) is 9.69 Å². The number of aliphatic hydroxyl groups is 1. The van der Waals surface area contributed by atoms with Crippen molar-refractivity contribution in [3.05, 3.63) is 0 Å². The summed E-state index contributed by atoms with van der Waals surface area (Å²) >= 11 is 0. The second-order valence-electron chi connectivity index (χ2n) is 3.38. The van der Waals surface area contributed by atoms with Crippen molar-refractivity contribution in [2.45, 2.75) is 25.4 Å². The molecule has 0 spiro atoms. The lowest BCUT2D eigenvalue weighted by molar-refractivity contribution is -0.130. The first-order chi connectivity index (χ1) is 5.65. The number of hydrogen-bond donors (Lipinski definition) is 2. The van der Waals surface area contributed by atoms with Gasteiger partial charge in [0.25, 0.3) is 0 Å². The Kier molecular flexibility index (Phi) is 3.05. The largest absolute Gasteiger partial charge is 0.396 e. The van der Waals surface area contributed by atoms with E-state index in [2.05, 4.69) is 5.32 Å². The van der Waals surface area contributed by atoms with E-state index >= 15 is 0 Å². The summed E-state index contributed by atoms with van der Waals surface area (Å²) in [5.74, 6) is 0.0327. The number of aliphatic hydroxyl groups excluding tert-OH is 1. The third-order valence-electron chi connectivity index (χ3n) is 2.19. The minimum Gasteiger partial charge on any atom is -0.396 e. The van der Waals surface area contributed by atoms with E-state index in [0.717, 1.165) is 6.54 Å². The molecule has 1 amide bonds. The molecule has 4 heteroatoms. The number of nitrogens with zero attached hydrogens (tertiary/aromatic N) is 1. The van der Waals surface area contributed by atoms with Crippen LogP contribution < -0.4 is 5.32 Å². The standard InChI is InChI=1S/C8H16N2O2/c1-6-5-10(2)7(3-4-11)8(12)9-6/h6-7,11H,3-5H2,1-2H3,(H,9,12). The highest BCUT2D eigenvalue weighted by molar-refractivity contribution is 5.82. The molecule has 1 heterocycles. The van der Waals surface area contributed by atoms with E-state index in [1.807, 2.05) is 18.9 Å². The molecular formula is C8H16N2O2. The van der Waals surface area contributed by atoms with Gasteiger partial charge >= 0.3 is 0 Å². The van der Waals surface area contributed by atoms with Crippen molar-refractivity contribution in [1.29, 1.82) is 0 Å². The van der Waals surface area contributed by atoms with Crippen LogP contribution in [0.4, 0.5) is 0 Å². The van der Waals surface area contributed by atoms with Crippen molar-refractivity contribution in [2.75, 3.05) is 20.2 Å². The van der Waals surface area contributed by atoms with Gasteiger partial charge in [-0.25, -0.2) is 0 Å². The molecule has 1 saturated heterocycles. The number of likely N-dealkylation sites (N-methyl/N-ethyl adjacent to an activating group) is 1. The Morgan fingerprint density at radius 2 is 2.42 bits per heavy atom. The lowest BCUT2D eigenvalue weighted by atomic mass is 10.1. The number of piperazine rings is 1. The van der Waals surface area contributed by atoms with Crippen LogP contribution in [0, 0.1) is 0 Å². The normalized spacial score (nSPS) is 31.8. The molecule has 1 rings (SSSR count). The van der Waals surface area contributed by atoms with E-state index in [9.17, 15) is 4.79 Å². The monoisotopic (exact) mass is 172 g/mol. The van der Waals surface area contributed by atoms with Crippen LogP contribution in [0.25, 0.3) is 0 Å². The van der Waals surface area contributed by atoms with Crippen LogP contribution in [-0.4, -0.2) is 48.2 Å². The van der Waals surface area contributed by atoms with E-state index in [1.165, 1.54) is 0 Å². The number of hydrogen-bond acceptors (Lipinski definition) is 3. The van der Waals surface area contributed by atoms with Crippen LogP contribution in [0.5, 0.6) is 0 Å². The molecule has 1 aliphatic rings. The summed E-state index contributed by atoms with van der Waals surface area (Å²) in [4.78, 5) is 13.3. The molecule has 0 aromatic heterocycles. The Labute approximate surface area is 72.6 Å². The van der Waals surface area contributed by atoms with Gasteiger partial charge < -0.3 is 10.4 Å². The van der Waals surface area contributed by atoms with Crippen molar-refractivity contribution >= 4 is 5.91 Å². The van der Waals surface area contributed by atoms with Crippen molar-refractivity contribution in [1.82, 2.24) is 10.2 Å². The maximum Gasteiger partial charge on any atom is 0.237 e. The van der Waals surface area contributed by atoms with Gasteiger partial charge in [-0.05, 0) is 20.4 Å². The lowest BCUT2D eigenvalue weighted by Crippen LogP contribution is -2.57. The summed E-state index contributed by atoms with van der Waals surface area (Å²) in [6, 6.07) is 0.0728. The van der Waals surface area contributed by atoms with Crippen LogP contribution in [-0.2, 0) is 4.79 Å². The number of nitrogens with one attached hydrogen (secondary N) is 1. The predicted molar refractivity (Wildman–Crippen MR) is 45.7 cm³/mol. The zero-order valence-corrected chi connectivity index (χ0v) is 7.58. The molecule has 2 unspecified atom stereocenters. The van der Waals surface area contributed by atoms with Gasteiger partial charge in [-0.1, -0.05) is 0 Å². The first kappa shape index (κ1) is 9.48. The van der Waals surface area contributed by atoms with Gasteiger partial charge in [-0.2, -0.15) is 0 Å². The molecule has 0 aromatic rings. The van der Waals surface area contributed by atoms with Crippen molar-refractivity contribution in [3.8, 4) is 0 Å². The summed E-state index contributed by atoms with van der Waals surface area (Å²) in [6.07, 6.45) is 0.523. The molecule has 0 radical (unpaired) electrons. The van der Waals surface area contributed by atoms with Crippen LogP contribution >= 0.6 is 0 Å². The SMILES string of the molecule is CC1CN(C)C(CCO)C(=O)N1. The fourth-order valence-electron chi connectivity index (χ4n) is 1.62. The topological polar surface area (TPSA) is 52.6 Å². The molecule has 2 atom stereocenters. The smallest absolute Gasteiger partial charge is 0.237 e. The van der Waals surface area contributed by atoms with Gasteiger partial charge in [0.15, 0.2) is 0 Å². The van der Waals surface area contributed by atoms with E-state index in [1.54, 1.807) is 0 Å². The molecule has 0 aliphatic carbocycles. The molecule has 0 bridgehead atoms. The third kappa shape index (κ3) is 1.95. The average molecular weight is 172 g/mol. The zero-order chi connectivity index (χ0) is 9.14. The molecular weight excluding hydrogens is 156 g/mol. The molecule has 1 fully saturated rings. The molecule has 12 heavy (non-hydrogen) atoms. The van der Waals surface area contributed by atoms with Crippen LogP contribution in [0.15, 0.2) is 0 Å². The predicted octanol–water partition coefficient (Wildman–Crippen LogP) is -0.812. The molecule has 0 aromatic carbocycles. The summed E-state index contributed by atoms with van der Waals surface area (Å²) in [5, 5.41) is 11.6. The summed E-state index contributed by atoms with van der Waals surface area (Å²) < 4.78 is 0. The van der Waals surface area contributed by atoms with E-state index in [0.29, 0.717) is 6.42 Å². The molecule has 0 saturated carbocycles. The average Bonchev–Trinajstić information content (AvgIpc) is 1.96. The highest BCUT2D eigenvalue weighted by atomic mass is 16.3. The zero-order valence-electron chi connectivity index (χ0n) is 7.58. The number of carbonyl (C=O) groups excluding carboxylic acids is 1. The van der Waals surface area contributed by atoms with Gasteiger partial charge in [-0.15, -0.1) is 0 Å². The molecule has 70 valence electrons. The Hall–Kier alpha value is -0.610. The third-order valence-corrected chi connectivity index (χ3v) is 2.19. The lowest BCUT2D eigenvalue weighted by Gasteiger charge is -2.35. The summed E-state index contributed by atoms with van der Waals surface area (Å²) in [6.45, 7) is 2.90. The van der Waals surface area contributed by atoms with E-state index in [-0.39, 0.29) is 24.6 Å². The van der Waals surface area contributed by atoms with Crippen molar-refractivity contribution in [3.63, 3.8) is 0 Å². The highest BCUT2D eigenvalue weighted by Gasteiger charge is 2.29. The van der Waals surface area contributed by atoms with Gasteiger partial charge in [0.2, 0.25) is 5.91 Å². The van der Waals surface area contributed by atoms with Gasteiger partial charge in [0, 0.05) is 19.2 Å². The fraction of sp³-hybridized carbons (Fsp3) is 0.875. The fourth-order valence-corrected chi connectivity index (χ4v) is 1.62. The Morgan fingerprint density at radius 1 is 1.75 bits per heavy atom. The Morgan fingerprint density at radius 3 is 2.92 bits per heavy atom. The van der Waals surface area contributed by atoms with Crippen molar-refractivity contribution < 1.29 is 9.90 Å². The van der Waals surface area contributed by atoms with Crippen LogP contribution in [0.1, 0.15) is 13.3 Å². The first-order valence-electron chi connectivity index (χ1n) is 4.26. The van der Waals surface area contributed by atoms with E-state index < -0.39 is 0 Å². The van der Waals surface area contributed by atoms with E-state index in [4.69, 9.17) is 5.11 Å². The Balaban J connectivity index is 2.54. The maximum atomic E-state index is 11.3. The second kappa shape index (κ2) is 3.87. The molecule has 1 aliphatic heterocycles. The quantitative estimate of drug-likeness (QED) is 0.572. The maximum absolute atomic E-state index is 11.3. The number of rotatable bonds is 2. The van der Waals surface area contributed by atoms with Crippen LogP contribution in [0.3, 0.4) is 0 Å². The Bertz CT molecular complexity index is 172.